The molecule has 0 unspecified atom stereocenters. The zero-order chi connectivity index (χ0) is 15.9. The summed E-state index contributed by atoms with van der Waals surface area (Å²) >= 11 is 3.36. The second-order valence-corrected chi connectivity index (χ2v) is 6.19. The van der Waals surface area contributed by atoms with Gasteiger partial charge in [0.05, 0.1) is 0 Å². The second kappa shape index (κ2) is 8.29. The van der Waals surface area contributed by atoms with Crippen LogP contribution in [0.5, 0.6) is 0 Å². The number of benzene rings is 1. The Morgan fingerprint density at radius 2 is 1.86 bits per heavy atom. The van der Waals surface area contributed by atoms with Crippen LogP contribution in [0.4, 0.5) is 0 Å². The fraction of sp³-hybridized carbons (Fsp3) is 0.500. The molecule has 6 heteroatoms. The van der Waals surface area contributed by atoms with Gasteiger partial charge in [0.15, 0.2) is 0 Å². The summed E-state index contributed by atoms with van der Waals surface area (Å²) in [4.78, 5) is 28.2. The number of halogens is 1. The summed E-state index contributed by atoms with van der Waals surface area (Å²) in [6, 6.07) is 7.31. The third-order valence-electron chi connectivity index (χ3n) is 3.83. The Balaban J connectivity index is 1.89. The molecule has 0 aromatic heterocycles. The van der Waals surface area contributed by atoms with Crippen molar-refractivity contribution < 1.29 is 9.59 Å². The molecule has 0 atom stereocenters. The number of piperazine rings is 1. The van der Waals surface area contributed by atoms with E-state index in [0.717, 1.165) is 30.7 Å². The minimum Gasteiger partial charge on any atom is -0.340 e. The van der Waals surface area contributed by atoms with Crippen LogP contribution in [0.2, 0.25) is 0 Å². The molecule has 120 valence electrons. The third kappa shape index (κ3) is 4.55. The predicted molar refractivity (Wildman–Crippen MR) is 89.8 cm³/mol. The van der Waals surface area contributed by atoms with Crippen LogP contribution in [-0.4, -0.2) is 60.9 Å². The smallest absolute Gasteiger partial charge is 0.253 e. The third-order valence-corrected chi connectivity index (χ3v) is 4.35. The molecule has 0 saturated carbocycles. The van der Waals surface area contributed by atoms with Crippen molar-refractivity contribution in [1.29, 1.82) is 0 Å². The lowest BCUT2D eigenvalue weighted by Gasteiger charge is -2.28. The standard InChI is InChI=1S/C16H22BrN3O2/c1-2-19(16(22)13-3-5-14(17)6-4-13)10-7-15(21)20-11-8-18-9-12-20/h3-6,18H,2,7-12H2,1H3. The first-order chi connectivity index (χ1) is 10.6. The summed E-state index contributed by atoms with van der Waals surface area (Å²) in [6.07, 6.45) is 0.385. The monoisotopic (exact) mass is 367 g/mol. The van der Waals surface area contributed by atoms with Gasteiger partial charge in [0.1, 0.15) is 0 Å². The van der Waals surface area contributed by atoms with Gasteiger partial charge < -0.3 is 15.1 Å². The van der Waals surface area contributed by atoms with Crippen molar-refractivity contribution in [3.63, 3.8) is 0 Å². The topological polar surface area (TPSA) is 52.7 Å². The number of nitrogens with zero attached hydrogens (tertiary/aromatic N) is 2. The Morgan fingerprint density at radius 1 is 1.23 bits per heavy atom. The van der Waals surface area contributed by atoms with Crippen LogP contribution in [0.15, 0.2) is 28.7 Å². The SMILES string of the molecule is CCN(CCC(=O)N1CCNCC1)C(=O)c1ccc(Br)cc1. The van der Waals surface area contributed by atoms with E-state index in [4.69, 9.17) is 0 Å². The fourth-order valence-electron chi connectivity index (χ4n) is 2.48. The Hall–Kier alpha value is -1.40. The first kappa shape index (κ1) is 17.0. The van der Waals surface area contributed by atoms with E-state index < -0.39 is 0 Å². The minimum atomic E-state index is -0.0249. The van der Waals surface area contributed by atoms with Crippen LogP contribution >= 0.6 is 15.9 Å². The van der Waals surface area contributed by atoms with E-state index in [1.165, 1.54) is 0 Å². The predicted octanol–water partition coefficient (Wildman–Crippen LogP) is 1.73. The maximum Gasteiger partial charge on any atom is 0.253 e. The summed E-state index contributed by atoms with van der Waals surface area (Å²) < 4.78 is 0.945. The van der Waals surface area contributed by atoms with Gasteiger partial charge >= 0.3 is 0 Å². The van der Waals surface area contributed by atoms with Gasteiger partial charge in [-0.25, -0.2) is 0 Å². The van der Waals surface area contributed by atoms with Gasteiger partial charge in [-0.05, 0) is 31.2 Å². The normalized spacial score (nSPS) is 14.7. The molecule has 2 amide bonds. The Labute approximate surface area is 139 Å². The average Bonchev–Trinajstić information content (AvgIpc) is 2.56. The van der Waals surface area contributed by atoms with Gasteiger partial charge in [0.25, 0.3) is 5.91 Å². The van der Waals surface area contributed by atoms with Crippen molar-refractivity contribution in [2.24, 2.45) is 0 Å². The molecule has 1 heterocycles. The van der Waals surface area contributed by atoms with Gasteiger partial charge in [-0.3, -0.25) is 9.59 Å². The Morgan fingerprint density at radius 3 is 2.45 bits per heavy atom. The number of carbonyl (C=O) groups is 2. The van der Waals surface area contributed by atoms with E-state index in [1.807, 2.05) is 24.0 Å². The first-order valence-electron chi connectivity index (χ1n) is 7.65. The van der Waals surface area contributed by atoms with Gasteiger partial charge in [0, 0.05) is 55.7 Å². The highest BCUT2D eigenvalue weighted by molar-refractivity contribution is 9.10. The summed E-state index contributed by atoms with van der Waals surface area (Å²) in [5, 5.41) is 3.23. The van der Waals surface area contributed by atoms with Crippen molar-refractivity contribution in [3.05, 3.63) is 34.3 Å². The average molecular weight is 368 g/mol. The molecule has 0 radical (unpaired) electrons. The molecule has 1 aromatic rings. The van der Waals surface area contributed by atoms with Crippen LogP contribution < -0.4 is 5.32 Å². The van der Waals surface area contributed by atoms with Crippen molar-refractivity contribution in [2.75, 3.05) is 39.3 Å². The van der Waals surface area contributed by atoms with E-state index in [-0.39, 0.29) is 11.8 Å². The lowest BCUT2D eigenvalue weighted by Crippen LogP contribution is -2.47. The van der Waals surface area contributed by atoms with E-state index >= 15 is 0 Å². The zero-order valence-electron chi connectivity index (χ0n) is 12.8. The Bertz CT molecular complexity index is 513. The maximum atomic E-state index is 12.5. The van der Waals surface area contributed by atoms with E-state index in [9.17, 15) is 9.59 Å². The van der Waals surface area contributed by atoms with Crippen LogP contribution in [0.25, 0.3) is 0 Å². The molecular weight excluding hydrogens is 346 g/mol. The van der Waals surface area contributed by atoms with Gasteiger partial charge in [-0.1, -0.05) is 15.9 Å². The lowest BCUT2D eigenvalue weighted by atomic mass is 10.2. The van der Waals surface area contributed by atoms with Gasteiger partial charge in [-0.2, -0.15) is 0 Å². The molecule has 1 fully saturated rings. The zero-order valence-corrected chi connectivity index (χ0v) is 14.4. The highest BCUT2D eigenvalue weighted by Gasteiger charge is 2.19. The molecule has 0 aliphatic carbocycles. The number of hydrogen-bond donors (Lipinski definition) is 1. The summed E-state index contributed by atoms with van der Waals surface area (Å²) in [6.45, 7) is 6.21. The number of amides is 2. The van der Waals surface area contributed by atoms with E-state index in [0.29, 0.717) is 25.1 Å². The van der Waals surface area contributed by atoms with Crippen LogP contribution in [0.1, 0.15) is 23.7 Å². The number of rotatable bonds is 5. The quantitative estimate of drug-likeness (QED) is 0.862. The lowest BCUT2D eigenvalue weighted by molar-refractivity contribution is -0.131. The molecule has 22 heavy (non-hydrogen) atoms. The largest absolute Gasteiger partial charge is 0.340 e. The molecule has 1 saturated heterocycles. The summed E-state index contributed by atoms with van der Waals surface area (Å²) in [5.41, 5.74) is 0.652. The number of carbonyl (C=O) groups excluding carboxylic acids is 2. The highest BCUT2D eigenvalue weighted by atomic mass is 79.9. The Kier molecular flexibility index (Phi) is 6.39. The minimum absolute atomic E-state index is 0.0249. The molecule has 1 aromatic carbocycles. The molecule has 0 spiro atoms. The molecular formula is C16H22BrN3O2. The van der Waals surface area contributed by atoms with Gasteiger partial charge in [-0.15, -0.1) is 0 Å². The van der Waals surface area contributed by atoms with E-state index in [1.54, 1.807) is 17.0 Å². The van der Waals surface area contributed by atoms with Crippen LogP contribution in [0.3, 0.4) is 0 Å². The fourth-order valence-corrected chi connectivity index (χ4v) is 2.75. The molecule has 1 aliphatic rings. The van der Waals surface area contributed by atoms with Crippen LogP contribution in [-0.2, 0) is 4.79 Å². The number of hydrogen-bond acceptors (Lipinski definition) is 3. The summed E-state index contributed by atoms with van der Waals surface area (Å²) in [7, 11) is 0. The van der Waals surface area contributed by atoms with Crippen LogP contribution in [0, 0.1) is 0 Å². The summed E-state index contributed by atoms with van der Waals surface area (Å²) in [5.74, 6) is 0.103. The van der Waals surface area contributed by atoms with Crippen molar-refractivity contribution in [3.8, 4) is 0 Å². The van der Waals surface area contributed by atoms with Crippen molar-refractivity contribution in [2.45, 2.75) is 13.3 Å². The first-order valence-corrected chi connectivity index (χ1v) is 8.44. The number of nitrogens with one attached hydrogen (secondary N) is 1. The molecule has 5 nitrogen and oxygen atoms in total. The van der Waals surface area contributed by atoms with E-state index in [2.05, 4.69) is 21.2 Å². The maximum absolute atomic E-state index is 12.5. The molecule has 1 aliphatic heterocycles. The van der Waals surface area contributed by atoms with Crippen molar-refractivity contribution >= 4 is 27.7 Å². The van der Waals surface area contributed by atoms with Crippen molar-refractivity contribution in [1.82, 2.24) is 15.1 Å². The molecule has 1 N–H and O–H groups in total. The molecule has 0 bridgehead atoms. The van der Waals surface area contributed by atoms with Gasteiger partial charge in [0.2, 0.25) is 5.91 Å². The second-order valence-electron chi connectivity index (χ2n) is 5.27. The molecule has 2 rings (SSSR count). The highest BCUT2D eigenvalue weighted by Crippen LogP contribution is 2.12.